The lowest BCUT2D eigenvalue weighted by atomic mass is 10.0. The number of benzene rings is 3. The summed E-state index contributed by atoms with van der Waals surface area (Å²) in [6.07, 6.45) is 2.41. The van der Waals surface area contributed by atoms with Crippen molar-refractivity contribution in [1.29, 1.82) is 0 Å². The first-order valence-corrected chi connectivity index (χ1v) is 11.0. The van der Waals surface area contributed by atoms with Gasteiger partial charge in [0.05, 0.1) is 35.8 Å². The standard InChI is InChI=1S/C26H24N4/c1-2-10-20-18-30-24-14-6-4-12-22(24)28-16-8-7-15-27-21-11-3-5-13-23(21)29(17-19(20)9-1)25(27)26(28)30/h1-6,9-14H,7-8,15-18H2/b26-25-. The third-order valence-electron chi connectivity index (χ3n) is 6.94. The molecule has 0 aromatic heterocycles. The minimum atomic E-state index is 0.917. The van der Waals surface area contributed by atoms with Gasteiger partial charge in [0, 0.05) is 13.1 Å². The van der Waals surface area contributed by atoms with Crippen molar-refractivity contribution in [3.63, 3.8) is 0 Å². The molecule has 0 spiro atoms. The molecule has 4 aliphatic heterocycles. The molecule has 0 atom stereocenters. The number of fused-ring (bicyclic) bond motifs is 7. The molecule has 0 aliphatic carbocycles. The van der Waals surface area contributed by atoms with Crippen LogP contribution in [0.2, 0.25) is 0 Å². The monoisotopic (exact) mass is 392 g/mol. The molecule has 0 fully saturated rings. The Hall–Kier alpha value is -3.40. The zero-order valence-electron chi connectivity index (χ0n) is 17.0. The first-order chi connectivity index (χ1) is 14.9. The Labute approximate surface area is 177 Å². The lowest BCUT2D eigenvalue weighted by Gasteiger charge is -2.37. The number of para-hydroxylation sites is 4. The Bertz CT molecular complexity index is 1100. The van der Waals surface area contributed by atoms with E-state index in [0.29, 0.717) is 0 Å². The lowest BCUT2D eigenvalue weighted by molar-refractivity contribution is 0.660. The van der Waals surface area contributed by atoms with E-state index in [1.807, 2.05) is 0 Å². The van der Waals surface area contributed by atoms with E-state index in [2.05, 4.69) is 92.4 Å². The van der Waals surface area contributed by atoms with Gasteiger partial charge in [-0.3, -0.25) is 0 Å². The molecule has 7 rings (SSSR count). The number of hydrogen-bond donors (Lipinski definition) is 0. The molecule has 3 aromatic carbocycles. The van der Waals surface area contributed by atoms with Crippen molar-refractivity contribution in [2.24, 2.45) is 0 Å². The van der Waals surface area contributed by atoms with Crippen LogP contribution in [0.1, 0.15) is 24.0 Å². The van der Waals surface area contributed by atoms with Crippen LogP contribution in [0.3, 0.4) is 0 Å². The maximum Gasteiger partial charge on any atom is 0.156 e. The van der Waals surface area contributed by atoms with Gasteiger partial charge in [-0.15, -0.1) is 0 Å². The highest BCUT2D eigenvalue weighted by Crippen LogP contribution is 2.51. The third-order valence-corrected chi connectivity index (χ3v) is 6.94. The second-order valence-corrected chi connectivity index (χ2v) is 8.58. The summed E-state index contributed by atoms with van der Waals surface area (Å²) < 4.78 is 0. The van der Waals surface area contributed by atoms with Crippen LogP contribution in [0.15, 0.2) is 84.4 Å². The van der Waals surface area contributed by atoms with Crippen molar-refractivity contribution in [2.75, 3.05) is 32.7 Å². The van der Waals surface area contributed by atoms with Crippen LogP contribution in [0, 0.1) is 0 Å². The van der Waals surface area contributed by atoms with Crippen LogP contribution < -0.4 is 19.6 Å². The van der Waals surface area contributed by atoms with Gasteiger partial charge in [-0.2, -0.15) is 0 Å². The second kappa shape index (κ2) is 6.05. The van der Waals surface area contributed by atoms with Crippen LogP contribution >= 0.6 is 0 Å². The van der Waals surface area contributed by atoms with Gasteiger partial charge in [-0.25, -0.2) is 0 Å². The molecule has 3 aromatic rings. The van der Waals surface area contributed by atoms with Crippen LogP contribution in [0.4, 0.5) is 22.7 Å². The molecule has 4 nitrogen and oxygen atoms in total. The van der Waals surface area contributed by atoms with Crippen molar-refractivity contribution in [3.8, 4) is 0 Å². The Balaban J connectivity index is 1.56. The molecule has 0 unspecified atom stereocenters. The Kier molecular flexibility index (Phi) is 3.31. The van der Waals surface area contributed by atoms with Gasteiger partial charge in [0.15, 0.2) is 11.6 Å². The maximum atomic E-state index is 2.57. The first kappa shape index (κ1) is 16.4. The average molecular weight is 393 g/mol. The van der Waals surface area contributed by atoms with E-state index in [1.54, 1.807) is 0 Å². The predicted octanol–water partition coefficient (Wildman–Crippen LogP) is 5.27. The quantitative estimate of drug-likeness (QED) is 0.516. The van der Waals surface area contributed by atoms with E-state index in [9.17, 15) is 0 Å². The largest absolute Gasteiger partial charge is 0.323 e. The first-order valence-electron chi connectivity index (χ1n) is 11.0. The summed E-state index contributed by atoms with van der Waals surface area (Å²) in [5.74, 6) is 2.70. The molecule has 0 saturated carbocycles. The summed E-state index contributed by atoms with van der Waals surface area (Å²) in [5.41, 5.74) is 8.18. The summed E-state index contributed by atoms with van der Waals surface area (Å²) in [4.78, 5) is 10.3. The molecule has 30 heavy (non-hydrogen) atoms. The second-order valence-electron chi connectivity index (χ2n) is 8.58. The number of rotatable bonds is 0. The van der Waals surface area contributed by atoms with Gasteiger partial charge in [-0.05, 0) is 48.2 Å². The normalized spacial score (nSPS) is 21.2. The molecule has 0 amide bonds. The summed E-state index contributed by atoms with van der Waals surface area (Å²) in [5, 5.41) is 0. The van der Waals surface area contributed by atoms with Gasteiger partial charge >= 0.3 is 0 Å². The Morgan fingerprint density at radius 3 is 1.23 bits per heavy atom. The molecule has 4 aliphatic rings. The minimum absolute atomic E-state index is 0.917. The van der Waals surface area contributed by atoms with E-state index in [1.165, 1.54) is 58.4 Å². The van der Waals surface area contributed by atoms with Gasteiger partial charge in [-0.1, -0.05) is 48.5 Å². The number of nitrogens with zero attached hydrogens (tertiary/aromatic N) is 4. The summed E-state index contributed by atoms with van der Waals surface area (Å²) in [7, 11) is 0. The minimum Gasteiger partial charge on any atom is -0.323 e. The van der Waals surface area contributed by atoms with E-state index in [-0.39, 0.29) is 0 Å². The molecule has 0 saturated heterocycles. The van der Waals surface area contributed by atoms with Crippen molar-refractivity contribution in [3.05, 3.63) is 95.6 Å². The molecule has 0 bridgehead atoms. The zero-order chi connectivity index (χ0) is 19.7. The molecule has 0 N–H and O–H groups in total. The zero-order valence-corrected chi connectivity index (χ0v) is 17.0. The highest BCUT2D eigenvalue weighted by molar-refractivity contribution is 5.89. The number of anilines is 4. The topological polar surface area (TPSA) is 13.0 Å². The smallest absolute Gasteiger partial charge is 0.156 e. The van der Waals surface area contributed by atoms with E-state index in [4.69, 9.17) is 0 Å². The van der Waals surface area contributed by atoms with E-state index < -0.39 is 0 Å². The molecule has 0 radical (unpaired) electrons. The summed E-state index contributed by atoms with van der Waals surface area (Å²) in [6.45, 7) is 3.99. The highest BCUT2D eigenvalue weighted by Gasteiger charge is 2.43. The van der Waals surface area contributed by atoms with Gasteiger partial charge < -0.3 is 19.6 Å². The third kappa shape index (κ3) is 2.11. The molecule has 4 heteroatoms. The number of hydrogen-bond acceptors (Lipinski definition) is 4. The van der Waals surface area contributed by atoms with Gasteiger partial charge in [0.2, 0.25) is 0 Å². The van der Waals surface area contributed by atoms with Crippen molar-refractivity contribution >= 4 is 22.7 Å². The summed E-state index contributed by atoms with van der Waals surface area (Å²) in [6, 6.07) is 26.8. The van der Waals surface area contributed by atoms with Crippen molar-refractivity contribution in [2.45, 2.75) is 25.9 Å². The summed E-state index contributed by atoms with van der Waals surface area (Å²) >= 11 is 0. The van der Waals surface area contributed by atoms with Crippen molar-refractivity contribution in [1.82, 2.24) is 0 Å². The van der Waals surface area contributed by atoms with E-state index in [0.717, 1.165) is 26.2 Å². The molecule has 4 heterocycles. The lowest BCUT2D eigenvalue weighted by Crippen LogP contribution is -2.42. The predicted molar refractivity (Wildman–Crippen MR) is 123 cm³/mol. The molecule has 148 valence electrons. The maximum absolute atomic E-state index is 2.57. The van der Waals surface area contributed by atoms with Crippen LogP contribution in [0.5, 0.6) is 0 Å². The molecular formula is C26H24N4. The van der Waals surface area contributed by atoms with Crippen LogP contribution in [0.25, 0.3) is 0 Å². The fourth-order valence-corrected chi connectivity index (χ4v) is 5.59. The van der Waals surface area contributed by atoms with Crippen LogP contribution in [-0.4, -0.2) is 13.1 Å². The average Bonchev–Trinajstić information content (AvgIpc) is 3.20. The highest BCUT2D eigenvalue weighted by atomic mass is 15.5. The fraction of sp³-hybridized carbons (Fsp3) is 0.231. The molecular weight excluding hydrogens is 368 g/mol. The Morgan fingerprint density at radius 1 is 0.433 bits per heavy atom. The van der Waals surface area contributed by atoms with Gasteiger partial charge in [0.1, 0.15) is 0 Å². The van der Waals surface area contributed by atoms with E-state index >= 15 is 0 Å². The fourth-order valence-electron chi connectivity index (χ4n) is 5.59. The van der Waals surface area contributed by atoms with Gasteiger partial charge in [0.25, 0.3) is 0 Å². The Morgan fingerprint density at radius 2 is 0.800 bits per heavy atom. The van der Waals surface area contributed by atoms with Crippen LogP contribution in [-0.2, 0) is 13.1 Å². The SMILES string of the molecule is c1ccc2c(c1)CN1/C3=C4/N(CCCCN3c3ccccc31)c1ccccc1N4C2. The van der Waals surface area contributed by atoms with Crippen molar-refractivity contribution < 1.29 is 0 Å².